The van der Waals surface area contributed by atoms with Gasteiger partial charge in [-0.1, -0.05) is 30.3 Å². The van der Waals surface area contributed by atoms with E-state index in [1.165, 1.54) is 18.4 Å². The largest absolute Gasteiger partial charge is 0.465 e. The van der Waals surface area contributed by atoms with Gasteiger partial charge >= 0.3 is 5.97 Å². The minimum atomic E-state index is -0.389. The molecule has 0 spiro atoms. The van der Waals surface area contributed by atoms with Crippen molar-refractivity contribution in [3.63, 3.8) is 0 Å². The number of thiophene rings is 1. The van der Waals surface area contributed by atoms with Crippen molar-refractivity contribution in [2.75, 3.05) is 17.7 Å². The molecule has 5 nitrogen and oxygen atoms in total. The standard InChI is InChI=1S/C21H20N2O3S2/c1-13-14(2)28-19(18(13)20(24)25-3)23-21(27)22-16-11-7-8-12-17(16)26-15-9-5-4-6-10-15/h4-12H,1-3H3,(H2,22,23,27). The first-order chi connectivity index (χ1) is 13.5. The highest BCUT2D eigenvalue weighted by atomic mass is 32.1. The molecule has 144 valence electrons. The molecule has 0 aliphatic carbocycles. The van der Waals surface area contributed by atoms with Crippen LogP contribution in [0.25, 0.3) is 0 Å². The molecule has 1 heterocycles. The van der Waals surface area contributed by atoms with E-state index in [4.69, 9.17) is 21.7 Å². The Bertz CT molecular complexity index is 1000. The van der Waals surface area contributed by atoms with Gasteiger partial charge in [-0.05, 0) is 55.9 Å². The van der Waals surface area contributed by atoms with Crippen molar-refractivity contribution < 1.29 is 14.3 Å². The van der Waals surface area contributed by atoms with Crippen LogP contribution in [-0.2, 0) is 4.74 Å². The Morgan fingerprint density at radius 3 is 2.39 bits per heavy atom. The quantitative estimate of drug-likeness (QED) is 0.411. The van der Waals surface area contributed by atoms with Crippen molar-refractivity contribution in [3.8, 4) is 11.5 Å². The third-order valence-electron chi connectivity index (χ3n) is 4.11. The molecular formula is C21H20N2O3S2. The molecule has 3 aromatic rings. The molecule has 0 saturated heterocycles. The molecule has 28 heavy (non-hydrogen) atoms. The molecule has 7 heteroatoms. The van der Waals surface area contributed by atoms with Gasteiger partial charge in [0, 0.05) is 4.88 Å². The number of esters is 1. The number of hydrogen-bond donors (Lipinski definition) is 2. The first kappa shape index (κ1) is 19.9. The van der Waals surface area contributed by atoms with Crippen molar-refractivity contribution in [2.45, 2.75) is 13.8 Å². The van der Waals surface area contributed by atoms with Crippen LogP contribution in [0, 0.1) is 13.8 Å². The number of rotatable bonds is 5. The summed E-state index contributed by atoms with van der Waals surface area (Å²) in [5.74, 6) is 0.984. The molecule has 0 bridgehead atoms. The van der Waals surface area contributed by atoms with Crippen LogP contribution in [-0.4, -0.2) is 18.2 Å². The van der Waals surface area contributed by atoms with Crippen LogP contribution in [0.5, 0.6) is 11.5 Å². The maximum Gasteiger partial charge on any atom is 0.341 e. The first-order valence-electron chi connectivity index (χ1n) is 8.58. The number of methoxy groups -OCH3 is 1. The van der Waals surface area contributed by atoms with Crippen LogP contribution in [0.2, 0.25) is 0 Å². The fraction of sp³-hybridized carbons (Fsp3) is 0.143. The minimum absolute atomic E-state index is 0.357. The Balaban J connectivity index is 1.78. The van der Waals surface area contributed by atoms with Crippen molar-refractivity contribution in [1.29, 1.82) is 0 Å². The number of aryl methyl sites for hydroxylation is 1. The van der Waals surface area contributed by atoms with Crippen molar-refractivity contribution in [2.24, 2.45) is 0 Å². The number of carbonyl (C=O) groups is 1. The predicted molar refractivity (Wildman–Crippen MR) is 118 cm³/mol. The van der Waals surface area contributed by atoms with Gasteiger partial charge in [0.05, 0.1) is 18.4 Å². The van der Waals surface area contributed by atoms with Gasteiger partial charge in [0.15, 0.2) is 10.9 Å². The Morgan fingerprint density at radius 1 is 1.00 bits per heavy atom. The molecule has 0 saturated carbocycles. The molecule has 0 amide bonds. The van der Waals surface area contributed by atoms with E-state index in [-0.39, 0.29) is 5.97 Å². The summed E-state index contributed by atoms with van der Waals surface area (Å²) < 4.78 is 10.8. The monoisotopic (exact) mass is 412 g/mol. The normalized spacial score (nSPS) is 10.2. The summed E-state index contributed by atoms with van der Waals surface area (Å²) in [4.78, 5) is 13.2. The molecule has 0 unspecified atom stereocenters. The third kappa shape index (κ3) is 4.49. The van der Waals surface area contributed by atoms with Gasteiger partial charge in [-0.15, -0.1) is 11.3 Å². The number of para-hydroxylation sites is 3. The van der Waals surface area contributed by atoms with E-state index in [1.54, 1.807) is 0 Å². The maximum absolute atomic E-state index is 12.1. The third-order valence-corrected chi connectivity index (χ3v) is 5.43. The highest BCUT2D eigenvalue weighted by Crippen LogP contribution is 2.34. The summed E-state index contributed by atoms with van der Waals surface area (Å²) in [6, 6.07) is 17.0. The lowest BCUT2D eigenvalue weighted by Gasteiger charge is -2.14. The van der Waals surface area contributed by atoms with Crippen LogP contribution >= 0.6 is 23.6 Å². The average Bonchev–Trinajstić information content (AvgIpc) is 2.97. The van der Waals surface area contributed by atoms with Crippen molar-refractivity contribution in [3.05, 3.63) is 70.6 Å². The lowest BCUT2D eigenvalue weighted by Crippen LogP contribution is -2.20. The highest BCUT2D eigenvalue weighted by molar-refractivity contribution is 7.80. The lowest BCUT2D eigenvalue weighted by molar-refractivity contribution is 0.0601. The number of anilines is 2. The van der Waals surface area contributed by atoms with E-state index in [1.807, 2.05) is 68.4 Å². The molecule has 3 rings (SSSR count). The SMILES string of the molecule is COC(=O)c1c(NC(=S)Nc2ccccc2Oc2ccccc2)sc(C)c1C. The van der Waals surface area contributed by atoms with Gasteiger partial charge in [-0.3, -0.25) is 0 Å². The second-order valence-corrected chi connectivity index (χ2v) is 7.60. The first-order valence-corrected chi connectivity index (χ1v) is 9.80. The lowest BCUT2D eigenvalue weighted by atomic mass is 10.1. The number of thiocarbonyl (C=S) groups is 1. The Morgan fingerprint density at radius 2 is 1.68 bits per heavy atom. The van der Waals surface area contributed by atoms with Crippen molar-refractivity contribution >= 4 is 45.3 Å². The van der Waals surface area contributed by atoms with Crippen LogP contribution in [0.1, 0.15) is 20.8 Å². The van der Waals surface area contributed by atoms with Crippen LogP contribution in [0.15, 0.2) is 54.6 Å². The van der Waals surface area contributed by atoms with E-state index in [0.717, 1.165) is 16.2 Å². The minimum Gasteiger partial charge on any atom is -0.465 e. The second-order valence-electron chi connectivity index (χ2n) is 5.97. The van der Waals surface area contributed by atoms with Gasteiger partial charge in [-0.25, -0.2) is 4.79 Å². The topological polar surface area (TPSA) is 59.6 Å². The van der Waals surface area contributed by atoms with Gasteiger partial charge in [0.2, 0.25) is 0 Å². The van der Waals surface area contributed by atoms with Gasteiger partial charge in [-0.2, -0.15) is 0 Å². The number of hydrogen-bond acceptors (Lipinski definition) is 5. The zero-order valence-corrected chi connectivity index (χ0v) is 17.4. The van der Waals surface area contributed by atoms with Crippen LogP contribution in [0.3, 0.4) is 0 Å². The molecule has 0 radical (unpaired) electrons. The van der Waals surface area contributed by atoms with E-state index in [9.17, 15) is 4.79 Å². The fourth-order valence-electron chi connectivity index (χ4n) is 2.59. The number of carbonyl (C=O) groups excluding carboxylic acids is 1. The zero-order chi connectivity index (χ0) is 20.1. The Hall–Kier alpha value is -2.90. The molecular weight excluding hydrogens is 392 g/mol. The molecule has 2 N–H and O–H groups in total. The van der Waals surface area contributed by atoms with E-state index in [0.29, 0.717) is 27.1 Å². The Labute approximate surface area is 173 Å². The van der Waals surface area contributed by atoms with E-state index >= 15 is 0 Å². The molecule has 0 atom stereocenters. The summed E-state index contributed by atoms with van der Waals surface area (Å²) in [7, 11) is 1.37. The summed E-state index contributed by atoms with van der Waals surface area (Å²) >= 11 is 6.91. The van der Waals surface area contributed by atoms with Crippen LogP contribution < -0.4 is 15.4 Å². The van der Waals surface area contributed by atoms with Crippen LogP contribution in [0.4, 0.5) is 10.7 Å². The number of nitrogens with one attached hydrogen (secondary N) is 2. The van der Waals surface area contributed by atoms with Crippen molar-refractivity contribution in [1.82, 2.24) is 0 Å². The molecule has 0 aliphatic heterocycles. The molecule has 2 aromatic carbocycles. The van der Waals surface area contributed by atoms with E-state index < -0.39 is 0 Å². The maximum atomic E-state index is 12.1. The average molecular weight is 413 g/mol. The Kier molecular flexibility index (Phi) is 6.28. The summed E-state index contributed by atoms with van der Waals surface area (Å²) in [5, 5.41) is 7.26. The fourth-order valence-corrected chi connectivity index (χ4v) is 3.92. The molecule has 0 aliphatic rings. The molecule has 1 aromatic heterocycles. The molecule has 0 fully saturated rings. The van der Waals surface area contributed by atoms with Gasteiger partial charge < -0.3 is 20.1 Å². The zero-order valence-electron chi connectivity index (χ0n) is 15.7. The smallest absolute Gasteiger partial charge is 0.341 e. The predicted octanol–water partition coefficient (Wildman–Crippen LogP) is 5.75. The summed E-state index contributed by atoms with van der Waals surface area (Å²) in [6.45, 7) is 3.85. The van der Waals surface area contributed by atoms with E-state index in [2.05, 4.69) is 10.6 Å². The van der Waals surface area contributed by atoms with Gasteiger partial charge in [0.1, 0.15) is 10.8 Å². The second kappa shape index (κ2) is 8.86. The number of ether oxygens (including phenoxy) is 2. The summed E-state index contributed by atoms with van der Waals surface area (Å²) in [5.41, 5.74) is 2.10. The summed E-state index contributed by atoms with van der Waals surface area (Å²) in [6.07, 6.45) is 0. The number of benzene rings is 2. The van der Waals surface area contributed by atoms with Gasteiger partial charge in [0.25, 0.3) is 0 Å². The highest BCUT2D eigenvalue weighted by Gasteiger charge is 2.21.